The summed E-state index contributed by atoms with van der Waals surface area (Å²) < 4.78 is 0. The van der Waals surface area contributed by atoms with Crippen LogP contribution >= 0.6 is 0 Å². The molecular formula is C30H36N2O4. The molecule has 4 aliphatic rings. The summed E-state index contributed by atoms with van der Waals surface area (Å²) in [5.41, 5.74) is 3.46. The largest absolute Gasteiger partial charge is 0.388 e. The fraction of sp³-hybridized carbons (Fsp3) is 0.500. The summed E-state index contributed by atoms with van der Waals surface area (Å²) in [6.45, 7) is 2.26. The van der Waals surface area contributed by atoms with Gasteiger partial charge in [0.25, 0.3) is 0 Å². The Hall–Kier alpha value is -2.35. The molecule has 190 valence electrons. The van der Waals surface area contributed by atoms with Gasteiger partial charge in [-0.15, -0.1) is 0 Å². The van der Waals surface area contributed by atoms with Crippen LogP contribution in [0.1, 0.15) is 44.6 Å². The average Bonchev–Trinajstić information content (AvgIpc) is 3.10. The molecule has 7 atom stereocenters. The van der Waals surface area contributed by atoms with Crippen LogP contribution in [-0.2, 0) is 0 Å². The maximum Gasteiger partial charge on any atom is 0.105 e. The van der Waals surface area contributed by atoms with Crippen molar-refractivity contribution in [1.29, 1.82) is 0 Å². The van der Waals surface area contributed by atoms with E-state index in [1.165, 1.54) is 16.7 Å². The van der Waals surface area contributed by atoms with Crippen molar-refractivity contribution in [2.45, 2.75) is 69.0 Å². The fourth-order valence-corrected chi connectivity index (χ4v) is 7.55. The normalized spacial score (nSPS) is 38.3. The summed E-state index contributed by atoms with van der Waals surface area (Å²) >= 11 is 0. The van der Waals surface area contributed by atoms with Crippen molar-refractivity contribution in [2.24, 2.45) is 11.3 Å². The highest BCUT2D eigenvalue weighted by Gasteiger charge is 2.53. The molecule has 6 nitrogen and oxygen atoms in total. The van der Waals surface area contributed by atoms with E-state index in [1.807, 2.05) is 43.5 Å². The fourth-order valence-electron chi connectivity index (χ4n) is 7.55. The number of hydrogen-bond acceptors (Lipinski definition) is 6. The van der Waals surface area contributed by atoms with E-state index in [0.717, 1.165) is 22.8 Å². The molecule has 1 fully saturated rings. The van der Waals surface area contributed by atoms with Gasteiger partial charge in [-0.2, -0.15) is 0 Å². The monoisotopic (exact) mass is 488 g/mol. The molecule has 0 spiro atoms. The van der Waals surface area contributed by atoms with Gasteiger partial charge in [-0.05, 0) is 91.9 Å². The van der Waals surface area contributed by atoms with E-state index in [1.54, 1.807) is 0 Å². The summed E-state index contributed by atoms with van der Waals surface area (Å²) in [4.78, 5) is 6.16. The zero-order valence-corrected chi connectivity index (χ0v) is 21.2. The molecule has 6 rings (SSSR count). The molecule has 4 aliphatic carbocycles. The van der Waals surface area contributed by atoms with Gasteiger partial charge in [0.1, 0.15) is 6.10 Å². The lowest BCUT2D eigenvalue weighted by Crippen LogP contribution is -2.58. The third-order valence-electron chi connectivity index (χ3n) is 9.56. The molecule has 4 N–H and O–H groups in total. The van der Waals surface area contributed by atoms with E-state index in [9.17, 15) is 20.4 Å². The third kappa shape index (κ3) is 3.46. The van der Waals surface area contributed by atoms with Gasteiger partial charge in [-0.1, -0.05) is 36.8 Å². The lowest BCUT2D eigenvalue weighted by Gasteiger charge is -2.46. The first kappa shape index (κ1) is 24.0. The maximum atomic E-state index is 11.8. The number of pyridine rings is 1. The molecule has 0 amide bonds. The second kappa shape index (κ2) is 8.33. The number of aliphatic hydroxyl groups excluding tert-OH is 3. The topological polar surface area (TPSA) is 97.1 Å². The lowest BCUT2D eigenvalue weighted by molar-refractivity contribution is -0.0922. The number of hydrogen-bond donors (Lipinski definition) is 4. The second-order valence-electron chi connectivity index (χ2n) is 11.8. The van der Waals surface area contributed by atoms with Crippen LogP contribution in [0, 0.1) is 11.3 Å². The van der Waals surface area contributed by atoms with E-state index < -0.39 is 23.9 Å². The molecule has 2 aromatic rings. The number of aliphatic hydroxyl groups is 4. The summed E-state index contributed by atoms with van der Waals surface area (Å²) in [7, 11) is 3.73. The Morgan fingerprint density at radius 2 is 1.86 bits per heavy atom. The molecule has 1 heterocycles. The molecular weight excluding hydrogens is 452 g/mol. The Balaban J connectivity index is 1.38. The minimum Gasteiger partial charge on any atom is -0.388 e. The van der Waals surface area contributed by atoms with Gasteiger partial charge in [0, 0.05) is 29.2 Å². The van der Waals surface area contributed by atoms with E-state index in [4.69, 9.17) is 0 Å². The first-order chi connectivity index (χ1) is 17.1. The number of likely N-dealkylation sites (N-methyl/N-ethyl adjacent to an activating group) is 1. The average molecular weight is 489 g/mol. The molecule has 1 saturated carbocycles. The van der Waals surface area contributed by atoms with Crippen LogP contribution in [-0.4, -0.2) is 74.4 Å². The number of fused-ring (bicyclic) bond motifs is 4. The van der Waals surface area contributed by atoms with Gasteiger partial charge < -0.3 is 25.3 Å². The quantitative estimate of drug-likeness (QED) is 0.518. The Bertz CT molecular complexity index is 1310. The van der Waals surface area contributed by atoms with Crippen LogP contribution in [0.5, 0.6) is 0 Å². The molecule has 0 saturated heterocycles. The molecule has 1 aromatic heterocycles. The Kier molecular flexibility index (Phi) is 5.56. The summed E-state index contributed by atoms with van der Waals surface area (Å²) in [6.07, 6.45) is 7.97. The van der Waals surface area contributed by atoms with E-state index in [2.05, 4.69) is 36.2 Å². The molecule has 0 bridgehead atoms. The van der Waals surface area contributed by atoms with Gasteiger partial charge in [0.2, 0.25) is 0 Å². The second-order valence-corrected chi connectivity index (χ2v) is 11.8. The molecule has 0 aliphatic heterocycles. The highest BCUT2D eigenvalue weighted by atomic mass is 16.3. The molecule has 6 heteroatoms. The van der Waals surface area contributed by atoms with Crippen molar-refractivity contribution in [3.63, 3.8) is 0 Å². The predicted octanol–water partition coefficient (Wildman–Crippen LogP) is 3.21. The summed E-state index contributed by atoms with van der Waals surface area (Å²) in [5.74, 6) is 0.225. The minimum atomic E-state index is -1.21. The van der Waals surface area contributed by atoms with Gasteiger partial charge >= 0.3 is 0 Å². The molecule has 7 unspecified atom stereocenters. The highest BCUT2D eigenvalue weighted by Crippen LogP contribution is 2.60. The smallest absolute Gasteiger partial charge is 0.105 e. The Morgan fingerprint density at radius 1 is 1.06 bits per heavy atom. The summed E-state index contributed by atoms with van der Waals surface area (Å²) in [5, 5.41) is 47.3. The number of aromatic nitrogens is 1. The lowest BCUT2D eigenvalue weighted by atomic mass is 9.61. The standard InChI is InChI=1S/C30H36N2O4/c1-29-15-26(33)21-13-24-27(34)28(35)25(32(2)3)14-30(24,36)10-8-20(21)23(29)7-6-22(29)18-5-4-17-9-11-31-16-19(17)12-18/h4-6,9,11-13,16,23,25-28,33-36H,7-8,10,14-15H2,1-3H3. The van der Waals surface area contributed by atoms with Gasteiger partial charge in [0.05, 0.1) is 17.8 Å². The zero-order chi connectivity index (χ0) is 25.4. The minimum absolute atomic E-state index is 0.225. The van der Waals surface area contributed by atoms with Crippen molar-refractivity contribution in [3.8, 4) is 0 Å². The van der Waals surface area contributed by atoms with Gasteiger partial charge in [-0.3, -0.25) is 4.98 Å². The Labute approximate surface area is 212 Å². The summed E-state index contributed by atoms with van der Waals surface area (Å²) in [6, 6.07) is 8.18. The van der Waals surface area contributed by atoms with E-state index in [-0.39, 0.29) is 17.4 Å². The number of nitrogens with zero attached hydrogens (tertiary/aromatic N) is 2. The predicted molar refractivity (Wildman–Crippen MR) is 140 cm³/mol. The van der Waals surface area contributed by atoms with Crippen LogP contribution in [0.15, 0.2) is 65.5 Å². The van der Waals surface area contributed by atoms with Crippen LogP contribution in [0.4, 0.5) is 0 Å². The van der Waals surface area contributed by atoms with Crippen molar-refractivity contribution < 1.29 is 20.4 Å². The third-order valence-corrected chi connectivity index (χ3v) is 9.56. The first-order valence-electron chi connectivity index (χ1n) is 13.1. The number of benzene rings is 1. The number of allylic oxidation sites excluding steroid dienone is 3. The molecule has 1 aromatic carbocycles. The first-order valence-corrected chi connectivity index (χ1v) is 13.1. The Morgan fingerprint density at radius 3 is 2.64 bits per heavy atom. The van der Waals surface area contributed by atoms with Crippen molar-refractivity contribution in [2.75, 3.05) is 14.1 Å². The van der Waals surface area contributed by atoms with Crippen molar-refractivity contribution in [3.05, 3.63) is 71.1 Å². The van der Waals surface area contributed by atoms with Crippen LogP contribution < -0.4 is 0 Å². The van der Waals surface area contributed by atoms with Crippen LogP contribution in [0.2, 0.25) is 0 Å². The van der Waals surface area contributed by atoms with E-state index in [0.29, 0.717) is 31.3 Å². The SMILES string of the molecule is CN(C)C1CC2(O)CCC3=C(C=C2C(O)C1O)C(O)CC1(C)C(c2ccc4ccncc4c2)=CCC31. The van der Waals surface area contributed by atoms with Crippen molar-refractivity contribution >= 4 is 16.3 Å². The van der Waals surface area contributed by atoms with Gasteiger partial charge in [0.15, 0.2) is 0 Å². The van der Waals surface area contributed by atoms with E-state index >= 15 is 0 Å². The zero-order valence-electron chi connectivity index (χ0n) is 21.2. The number of rotatable bonds is 2. The molecule has 36 heavy (non-hydrogen) atoms. The van der Waals surface area contributed by atoms with Crippen LogP contribution in [0.3, 0.4) is 0 Å². The molecule has 0 radical (unpaired) electrons. The van der Waals surface area contributed by atoms with Crippen LogP contribution in [0.25, 0.3) is 16.3 Å². The highest BCUT2D eigenvalue weighted by molar-refractivity contribution is 5.87. The van der Waals surface area contributed by atoms with Crippen molar-refractivity contribution in [1.82, 2.24) is 9.88 Å². The van der Waals surface area contributed by atoms with Gasteiger partial charge in [-0.25, -0.2) is 0 Å². The maximum absolute atomic E-state index is 11.8.